The molecule has 0 atom stereocenters. The Bertz CT molecular complexity index is 790. The van der Waals surface area contributed by atoms with E-state index >= 15 is 0 Å². The number of rotatable bonds is 5. The third kappa shape index (κ3) is 4.52. The smallest absolute Gasteiger partial charge is 0.348 e. The Kier molecular flexibility index (Phi) is 6.43. The maximum atomic E-state index is 12.1. The lowest BCUT2D eigenvalue weighted by Crippen LogP contribution is -2.28. The largest absolute Gasteiger partial charge is 0.465 e. The number of methoxy groups -OCH3 is 2. The van der Waals surface area contributed by atoms with Crippen molar-refractivity contribution in [1.82, 2.24) is 10.3 Å². The van der Waals surface area contributed by atoms with Gasteiger partial charge in [-0.05, 0) is 36.3 Å². The van der Waals surface area contributed by atoms with Crippen LogP contribution in [0.2, 0.25) is 0 Å². The highest BCUT2D eigenvalue weighted by molar-refractivity contribution is 7.80. The van der Waals surface area contributed by atoms with Crippen molar-refractivity contribution in [3.63, 3.8) is 0 Å². The molecule has 7 nitrogen and oxygen atoms in total. The lowest BCUT2D eigenvalue weighted by Gasteiger charge is -2.10. The molecule has 0 aliphatic carbocycles. The molecule has 0 bridgehead atoms. The van der Waals surface area contributed by atoms with Gasteiger partial charge in [-0.25, -0.2) is 9.59 Å². The molecule has 0 aliphatic rings. The van der Waals surface area contributed by atoms with E-state index in [0.29, 0.717) is 27.1 Å². The van der Waals surface area contributed by atoms with E-state index in [4.69, 9.17) is 21.7 Å². The standard InChI is InChI=1S/C16H17N3O4S2/c1-9-11(14(20)22-2)13(25-12(9)15(21)23-3)19-16(24)18-8-10-5-4-6-17-7-10/h4-7H,8H2,1-3H3,(H2,18,19,24). The lowest BCUT2D eigenvalue weighted by molar-refractivity contribution is 0.0601. The Labute approximate surface area is 154 Å². The van der Waals surface area contributed by atoms with E-state index in [1.54, 1.807) is 19.3 Å². The lowest BCUT2D eigenvalue weighted by atomic mass is 10.1. The summed E-state index contributed by atoms with van der Waals surface area (Å²) in [7, 11) is 2.56. The summed E-state index contributed by atoms with van der Waals surface area (Å²) in [6, 6.07) is 3.74. The van der Waals surface area contributed by atoms with Crippen LogP contribution in [0.3, 0.4) is 0 Å². The van der Waals surface area contributed by atoms with Crippen LogP contribution in [-0.2, 0) is 16.0 Å². The van der Waals surface area contributed by atoms with Gasteiger partial charge in [0.25, 0.3) is 0 Å². The molecule has 0 unspecified atom stereocenters. The van der Waals surface area contributed by atoms with E-state index in [0.717, 1.165) is 16.9 Å². The van der Waals surface area contributed by atoms with E-state index in [1.807, 2.05) is 12.1 Å². The SMILES string of the molecule is COC(=O)c1sc(NC(=S)NCc2cccnc2)c(C(=O)OC)c1C. The minimum atomic E-state index is -0.554. The number of nitrogens with one attached hydrogen (secondary N) is 2. The number of aromatic nitrogens is 1. The molecule has 2 aromatic heterocycles. The number of hydrogen-bond acceptors (Lipinski definition) is 7. The van der Waals surface area contributed by atoms with Crippen LogP contribution < -0.4 is 10.6 Å². The summed E-state index contributed by atoms with van der Waals surface area (Å²) < 4.78 is 9.54. The monoisotopic (exact) mass is 379 g/mol. The van der Waals surface area contributed by atoms with Gasteiger partial charge in [-0.2, -0.15) is 0 Å². The summed E-state index contributed by atoms with van der Waals surface area (Å²) >= 11 is 6.35. The molecule has 0 aromatic carbocycles. The van der Waals surface area contributed by atoms with Gasteiger partial charge in [0.15, 0.2) is 5.11 Å². The second-order valence-corrected chi connectivity index (χ2v) is 6.34. The normalized spacial score (nSPS) is 10.0. The van der Waals surface area contributed by atoms with Gasteiger partial charge in [0.05, 0.1) is 19.8 Å². The molecule has 0 spiro atoms. The molecule has 25 heavy (non-hydrogen) atoms. The topological polar surface area (TPSA) is 89.5 Å². The number of nitrogens with zero attached hydrogens (tertiary/aromatic N) is 1. The number of carbonyl (C=O) groups is 2. The predicted octanol–water partition coefficient (Wildman–Crippen LogP) is 2.51. The van der Waals surface area contributed by atoms with Crippen LogP contribution >= 0.6 is 23.6 Å². The van der Waals surface area contributed by atoms with Gasteiger partial charge >= 0.3 is 11.9 Å². The van der Waals surface area contributed by atoms with Crippen LogP contribution in [-0.4, -0.2) is 36.3 Å². The molecule has 0 aliphatic heterocycles. The van der Waals surface area contributed by atoms with Gasteiger partial charge in [-0.1, -0.05) is 6.07 Å². The molecule has 0 amide bonds. The van der Waals surface area contributed by atoms with Crippen molar-refractivity contribution in [2.24, 2.45) is 0 Å². The molecule has 2 N–H and O–H groups in total. The van der Waals surface area contributed by atoms with E-state index in [-0.39, 0.29) is 5.56 Å². The third-order valence-corrected chi connectivity index (χ3v) is 4.74. The van der Waals surface area contributed by atoms with E-state index in [9.17, 15) is 9.59 Å². The quantitative estimate of drug-likeness (QED) is 0.605. The van der Waals surface area contributed by atoms with Gasteiger partial charge < -0.3 is 20.1 Å². The number of pyridine rings is 1. The molecule has 0 saturated heterocycles. The van der Waals surface area contributed by atoms with E-state index in [2.05, 4.69) is 15.6 Å². The maximum absolute atomic E-state index is 12.1. The fourth-order valence-corrected chi connectivity index (χ4v) is 3.43. The summed E-state index contributed by atoms with van der Waals surface area (Å²) in [5.74, 6) is -1.07. The summed E-state index contributed by atoms with van der Waals surface area (Å²) in [5, 5.41) is 6.70. The molecular weight excluding hydrogens is 362 g/mol. The first-order valence-electron chi connectivity index (χ1n) is 7.21. The molecule has 2 rings (SSSR count). The van der Waals surface area contributed by atoms with Crippen LogP contribution in [0.4, 0.5) is 5.00 Å². The molecular formula is C16H17N3O4S2. The summed E-state index contributed by atoms with van der Waals surface area (Å²) in [6.45, 7) is 2.13. The average molecular weight is 379 g/mol. The highest BCUT2D eigenvalue weighted by atomic mass is 32.1. The van der Waals surface area contributed by atoms with Gasteiger partial charge in [0, 0.05) is 18.9 Å². The fourth-order valence-electron chi connectivity index (χ4n) is 2.07. The summed E-state index contributed by atoms with van der Waals surface area (Å²) in [5.41, 5.74) is 1.71. The van der Waals surface area contributed by atoms with Crippen molar-refractivity contribution < 1.29 is 19.1 Å². The number of thiophene rings is 1. The van der Waals surface area contributed by atoms with Crippen molar-refractivity contribution in [3.8, 4) is 0 Å². The number of carbonyl (C=O) groups excluding carboxylic acids is 2. The molecule has 0 saturated carbocycles. The van der Waals surface area contributed by atoms with Crippen molar-refractivity contribution in [3.05, 3.63) is 46.1 Å². The van der Waals surface area contributed by atoms with Crippen LogP contribution in [0.15, 0.2) is 24.5 Å². The maximum Gasteiger partial charge on any atom is 0.348 e. The van der Waals surface area contributed by atoms with Crippen molar-refractivity contribution in [1.29, 1.82) is 0 Å². The van der Waals surface area contributed by atoms with Crippen LogP contribution in [0.5, 0.6) is 0 Å². The first-order chi connectivity index (χ1) is 12.0. The van der Waals surface area contributed by atoms with E-state index in [1.165, 1.54) is 14.2 Å². The predicted molar refractivity (Wildman–Crippen MR) is 99.0 cm³/mol. The Morgan fingerprint density at radius 3 is 2.60 bits per heavy atom. The summed E-state index contributed by atoms with van der Waals surface area (Å²) in [6.07, 6.45) is 3.41. The van der Waals surface area contributed by atoms with Crippen molar-refractivity contribution >= 4 is 45.6 Å². The Balaban J connectivity index is 2.18. The second-order valence-electron chi connectivity index (χ2n) is 4.91. The summed E-state index contributed by atoms with van der Waals surface area (Å²) in [4.78, 5) is 28.3. The number of esters is 2. The molecule has 0 radical (unpaired) electrons. The minimum absolute atomic E-state index is 0.262. The number of hydrogen-bond donors (Lipinski definition) is 2. The Hall–Kier alpha value is -2.52. The number of ether oxygens (including phenoxy) is 2. The highest BCUT2D eigenvalue weighted by Gasteiger charge is 2.26. The second kappa shape index (κ2) is 8.54. The molecule has 132 valence electrons. The van der Waals surface area contributed by atoms with Gasteiger partial charge in [0.2, 0.25) is 0 Å². The third-order valence-electron chi connectivity index (χ3n) is 3.31. The first-order valence-corrected chi connectivity index (χ1v) is 8.44. The molecule has 0 fully saturated rings. The zero-order valence-corrected chi connectivity index (χ0v) is 15.5. The van der Waals surface area contributed by atoms with Crippen LogP contribution in [0.25, 0.3) is 0 Å². The number of anilines is 1. The van der Waals surface area contributed by atoms with Crippen molar-refractivity contribution in [2.45, 2.75) is 13.5 Å². The zero-order valence-electron chi connectivity index (χ0n) is 13.9. The average Bonchev–Trinajstić information content (AvgIpc) is 2.95. The zero-order chi connectivity index (χ0) is 18.4. The fraction of sp³-hybridized carbons (Fsp3) is 0.250. The van der Waals surface area contributed by atoms with Gasteiger partial charge in [0.1, 0.15) is 9.88 Å². The van der Waals surface area contributed by atoms with Crippen molar-refractivity contribution in [2.75, 3.05) is 19.5 Å². The number of thiocarbonyl (C=S) groups is 1. The van der Waals surface area contributed by atoms with Crippen LogP contribution in [0.1, 0.15) is 31.2 Å². The van der Waals surface area contributed by atoms with Crippen LogP contribution in [0, 0.1) is 6.92 Å². The Morgan fingerprint density at radius 2 is 2.00 bits per heavy atom. The first kappa shape index (κ1) is 18.8. The molecule has 9 heteroatoms. The van der Waals surface area contributed by atoms with Gasteiger partial charge in [-0.3, -0.25) is 4.98 Å². The molecule has 2 heterocycles. The van der Waals surface area contributed by atoms with E-state index < -0.39 is 11.9 Å². The minimum Gasteiger partial charge on any atom is -0.465 e. The highest BCUT2D eigenvalue weighted by Crippen LogP contribution is 2.34. The molecule has 2 aromatic rings. The van der Waals surface area contributed by atoms with Gasteiger partial charge in [-0.15, -0.1) is 11.3 Å². The Morgan fingerprint density at radius 1 is 1.28 bits per heavy atom.